The molecule has 3 aliphatic rings. The third-order valence-corrected chi connectivity index (χ3v) is 6.28. The van der Waals surface area contributed by atoms with Crippen LogP contribution in [0, 0.1) is 5.41 Å². The third-order valence-electron chi connectivity index (χ3n) is 6.28. The van der Waals surface area contributed by atoms with E-state index in [0.717, 1.165) is 45.1 Å². The van der Waals surface area contributed by atoms with E-state index in [2.05, 4.69) is 19.8 Å². The van der Waals surface area contributed by atoms with Crippen LogP contribution in [0.3, 0.4) is 0 Å². The van der Waals surface area contributed by atoms with Crippen molar-refractivity contribution in [1.29, 1.82) is 0 Å². The Morgan fingerprint density at radius 3 is 2.46 bits per heavy atom. The van der Waals surface area contributed by atoms with Gasteiger partial charge in [-0.05, 0) is 51.5 Å². The highest BCUT2D eigenvalue weighted by molar-refractivity contribution is 5.30. The van der Waals surface area contributed by atoms with Crippen molar-refractivity contribution in [2.45, 2.75) is 64.0 Å². The minimum absolute atomic E-state index is 0.0990. The van der Waals surface area contributed by atoms with Crippen molar-refractivity contribution >= 4 is 5.95 Å². The molecule has 2 atom stereocenters. The van der Waals surface area contributed by atoms with Gasteiger partial charge in [0, 0.05) is 49.6 Å². The van der Waals surface area contributed by atoms with Crippen molar-refractivity contribution in [3.63, 3.8) is 0 Å². The maximum atomic E-state index is 10.4. The molecule has 5 nitrogen and oxygen atoms in total. The van der Waals surface area contributed by atoms with Gasteiger partial charge in [0.2, 0.25) is 5.95 Å². The van der Waals surface area contributed by atoms with E-state index in [0.29, 0.717) is 0 Å². The standard InChI is InChI=1S/C19H30N4O/c24-17-6-4-7-19(17)8-5-9-22(15-19)14-16-12-20-18(21-13-16)23-10-2-1-3-11-23/h12-13,17,24H,1-11,14-15H2/t17-,19+/m1/s1. The first-order chi connectivity index (χ1) is 11.8. The van der Waals surface area contributed by atoms with E-state index in [1.165, 1.54) is 50.5 Å². The molecule has 4 rings (SSSR count). The van der Waals surface area contributed by atoms with Gasteiger partial charge in [0.1, 0.15) is 0 Å². The zero-order chi connectivity index (χ0) is 16.4. The van der Waals surface area contributed by atoms with Crippen LogP contribution in [0.5, 0.6) is 0 Å². The highest BCUT2D eigenvalue weighted by atomic mass is 16.3. The van der Waals surface area contributed by atoms with Gasteiger partial charge in [0.15, 0.2) is 0 Å². The molecule has 5 heteroatoms. The number of aromatic nitrogens is 2. The van der Waals surface area contributed by atoms with E-state index >= 15 is 0 Å². The van der Waals surface area contributed by atoms with Crippen LogP contribution < -0.4 is 4.90 Å². The van der Waals surface area contributed by atoms with Crippen molar-refractivity contribution in [1.82, 2.24) is 14.9 Å². The van der Waals surface area contributed by atoms with Gasteiger partial charge >= 0.3 is 0 Å². The summed E-state index contributed by atoms with van der Waals surface area (Å²) in [7, 11) is 0. The second kappa shape index (κ2) is 6.96. The molecule has 0 unspecified atom stereocenters. The van der Waals surface area contributed by atoms with Gasteiger partial charge < -0.3 is 10.0 Å². The number of aliphatic hydroxyl groups is 1. The molecule has 3 heterocycles. The van der Waals surface area contributed by atoms with Crippen LogP contribution in [0.2, 0.25) is 0 Å². The fourth-order valence-corrected chi connectivity index (χ4v) is 4.93. The first-order valence-corrected chi connectivity index (χ1v) is 9.72. The summed E-state index contributed by atoms with van der Waals surface area (Å²) in [5.74, 6) is 0.889. The summed E-state index contributed by atoms with van der Waals surface area (Å²) >= 11 is 0. The topological polar surface area (TPSA) is 52.5 Å². The zero-order valence-electron chi connectivity index (χ0n) is 14.7. The van der Waals surface area contributed by atoms with Crippen molar-refractivity contribution < 1.29 is 5.11 Å². The highest BCUT2D eigenvalue weighted by Crippen LogP contribution is 2.45. The van der Waals surface area contributed by atoms with Crippen LogP contribution in [-0.2, 0) is 6.54 Å². The molecular formula is C19H30N4O. The maximum absolute atomic E-state index is 10.4. The van der Waals surface area contributed by atoms with Gasteiger partial charge in [-0.3, -0.25) is 4.90 Å². The normalized spacial score (nSPS) is 31.7. The molecule has 1 aromatic heterocycles. The molecule has 24 heavy (non-hydrogen) atoms. The second-order valence-corrected chi connectivity index (χ2v) is 8.02. The van der Waals surface area contributed by atoms with E-state index < -0.39 is 0 Å². The van der Waals surface area contributed by atoms with Crippen LogP contribution in [-0.4, -0.2) is 52.3 Å². The molecule has 1 spiro atoms. The molecule has 132 valence electrons. The van der Waals surface area contributed by atoms with Crippen molar-refractivity contribution in [3.8, 4) is 0 Å². The molecule has 2 aliphatic heterocycles. The molecule has 2 saturated heterocycles. The lowest BCUT2D eigenvalue weighted by Gasteiger charge is -2.42. The Kier molecular flexibility index (Phi) is 4.72. The van der Waals surface area contributed by atoms with Gasteiger partial charge in [0.05, 0.1) is 6.10 Å². The predicted molar refractivity (Wildman–Crippen MR) is 94.9 cm³/mol. The minimum Gasteiger partial charge on any atom is -0.393 e. The Morgan fingerprint density at radius 2 is 1.75 bits per heavy atom. The van der Waals surface area contributed by atoms with Gasteiger partial charge in [-0.15, -0.1) is 0 Å². The van der Waals surface area contributed by atoms with E-state index in [1.807, 2.05) is 12.4 Å². The van der Waals surface area contributed by atoms with Crippen molar-refractivity contribution in [3.05, 3.63) is 18.0 Å². The third kappa shape index (κ3) is 3.29. The Morgan fingerprint density at radius 1 is 1.00 bits per heavy atom. The summed E-state index contributed by atoms with van der Waals surface area (Å²) in [4.78, 5) is 14.0. The minimum atomic E-state index is -0.0990. The number of piperidine rings is 2. The Bertz CT molecular complexity index is 543. The van der Waals surface area contributed by atoms with Crippen LogP contribution in [0.4, 0.5) is 5.95 Å². The fraction of sp³-hybridized carbons (Fsp3) is 0.789. The van der Waals surface area contributed by atoms with Gasteiger partial charge in [-0.1, -0.05) is 6.42 Å². The summed E-state index contributed by atoms with van der Waals surface area (Å²) in [6.07, 6.45) is 13.5. The maximum Gasteiger partial charge on any atom is 0.225 e. The van der Waals surface area contributed by atoms with Gasteiger partial charge in [-0.25, -0.2) is 9.97 Å². The first kappa shape index (κ1) is 16.3. The SMILES string of the molecule is O[C@@H]1CCC[C@@]12CCCN(Cc1cnc(N3CCCCC3)nc1)C2. The number of aliphatic hydroxyl groups excluding tert-OH is 1. The van der Waals surface area contributed by atoms with E-state index in [1.54, 1.807) is 0 Å². The number of hydrogen-bond acceptors (Lipinski definition) is 5. The molecule has 3 fully saturated rings. The Labute approximate surface area is 145 Å². The number of likely N-dealkylation sites (tertiary alicyclic amines) is 1. The predicted octanol–water partition coefficient (Wildman–Crippen LogP) is 2.59. The summed E-state index contributed by atoms with van der Waals surface area (Å²) in [5.41, 5.74) is 1.35. The Hall–Kier alpha value is -1.20. The number of rotatable bonds is 3. The lowest BCUT2D eigenvalue weighted by atomic mass is 9.76. The molecule has 0 aromatic carbocycles. The van der Waals surface area contributed by atoms with Crippen molar-refractivity contribution in [2.24, 2.45) is 5.41 Å². The number of anilines is 1. The lowest BCUT2D eigenvalue weighted by Crippen LogP contribution is -2.46. The van der Waals surface area contributed by atoms with Crippen molar-refractivity contribution in [2.75, 3.05) is 31.1 Å². The first-order valence-electron chi connectivity index (χ1n) is 9.72. The molecule has 1 saturated carbocycles. The largest absolute Gasteiger partial charge is 0.393 e. The monoisotopic (exact) mass is 330 g/mol. The molecule has 0 radical (unpaired) electrons. The Balaban J connectivity index is 1.38. The fourth-order valence-electron chi connectivity index (χ4n) is 4.93. The van der Waals surface area contributed by atoms with Crippen LogP contribution >= 0.6 is 0 Å². The summed E-state index contributed by atoms with van der Waals surface area (Å²) in [5, 5.41) is 10.4. The van der Waals surface area contributed by atoms with E-state index in [-0.39, 0.29) is 11.5 Å². The van der Waals surface area contributed by atoms with Crippen LogP contribution in [0.1, 0.15) is 56.9 Å². The van der Waals surface area contributed by atoms with E-state index in [4.69, 9.17) is 0 Å². The molecular weight excluding hydrogens is 300 g/mol. The molecule has 1 aliphatic carbocycles. The highest BCUT2D eigenvalue weighted by Gasteiger charge is 2.44. The van der Waals surface area contributed by atoms with Gasteiger partial charge in [-0.2, -0.15) is 0 Å². The zero-order valence-corrected chi connectivity index (χ0v) is 14.7. The quantitative estimate of drug-likeness (QED) is 0.923. The molecule has 0 bridgehead atoms. The lowest BCUT2D eigenvalue weighted by molar-refractivity contribution is -0.0120. The summed E-state index contributed by atoms with van der Waals surface area (Å²) < 4.78 is 0. The number of nitrogens with zero attached hydrogens (tertiary/aromatic N) is 4. The second-order valence-electron chi connectivity index (χ2n) is 8.02. The molecule has 1 N–H and O–H groups in total. The molecule has 0 amide bonds. The van der Waals surface area contributed by atoms with E-state index in [9.17, 15) is 5.11 Å². The average Bonchev–Trinajstić information content (AvgIpc) is 2.96. The molecule has 1 aromatic rings. The summed E-state index contributed by atoms with van der Waals surface area (Å²) in [6.45, 7) is 5.25. The van der Waals surface area contributed by atoms with Crippen LogP contribution in [0.15, 0.2) is 12.4 Å². The van der Waals surface area contributed by atoms with Gasteiger partial charge in [0.25, 0.3) is 0 Å². The smallest absolute Gasteiger partial charge is 0.225 e. The average molecular weight is 330 g/mol. The summed E-state index contributed by atoms with van der Waals surface area (Å²) in [6, 6.07) is 0. The van der Waals surface area contributed by atoms with Crippen LogP contribution in [0.25, 0.3) is 0 Å². The number of hydrogen-bond donors (Lipinski definition) is 1.